The zero-order valence-corrected chi connectivity index (χ0v) is 19.7. The van der Waals surface area contributed by atoms with E-state index in [1.54, 1.807) is 79.0 Å². The Labute approximate surface area is 213 Å². The number of methoxy groups -OCH3 is 1. The molecule has 1 unspecified atom stereocenters. The quantitative estimate of drug-likeness (QED) is 0.266. The van der Waals surface area contributed by atoms with E-state index < -0.39 is 12.1 Å². The molecule has 0 aliphatic heterocycles. The minimum Gasteiger partial charge on any atom is -0.494 e. The number of hydrogen-bond donors (Lipinski definition) is 1. The van der Waals surface area contributed by atoms with E-state index in [9.17, 15) is 20.4 Å². The van der Waals surface area contributed by atoms with Crippen molar-refractivity contribution in [1.29, 1.82) is 10.5 Å². The number of hydrogen-bond acceptors (Lipinski definition) is 8. The maximum atomic E-state index is 13.8. The number of benzene rings is 3. The Bertz CT molecular complexity index is 1540. The number of ether oxygens (including phenoxy) is 1. The van der Waals surface area contributed by atoms with Crippen LogP contribution in [0.4, 0.5) is 17.2 Å². The Morgan fingerprint density at radius 3 is 2.35 bits per heavy atom. The smallest absolute Gasteiger partial charge is 0.262 e. The van der Waals surface area contributed by atoms with E-state index in [1.165, 1.54) is 19.2 Å². The van der Waals surface area contributed by atoms with Gasteiger partial charge in [0, 0.05) is 17.8 Å². The first-order valence-electron chi connectivity index (χ1n) is 11.1. The molecule has 0 bridgehead atoms. The van der Waals surface area contributed by atoms with Crippen molar-refractivity contribution in [3.05, 3.63) is 113 Å². The van der Waals surface area contributed by atoms with Crippen LogP contribution in [0.2, 0.25) is 0 Å². The van der Waals surface area contributed by atoms with Crippen LogP contribution in [0.5, 0.6) is 5.75 Å². The van der Waals surface area contributed by atoms with Crippen molar-refractivity contribution in [1.82, 2.24) is 4.98 Å². The van der Waals surface area contributed by atoms with Crippen molar-refractivity contribution in [3.8, 4) is 17.9 Å². The van der Waals surface area contributed by atoms with Crippen LogP contribution < -0.4 is 9.64 Å². The molecule has 0 radical (unpaired) electrons. The lowest BCUT2D eigenvalue weighted by atomic mass is 10.0. The standard InChI is InChI=1S/C28H20N6O3/c1-37-25-16-21(32-33-26-12-6-7-15-31-26)13-14-24(25)34(27(35)22-10-4-2-8-19(22)17-29)28(36)23-11-5-3-9-20(23)18-30/h2-16,27,35H,1H3. The van der Waals surface area contributed by atoms with Crippen LogP contribution in [-0.4, -0.2) is 23.1 Å². The molecule has 4 aromatic rings. The number of nitrogens with zero attached hydrogens (tertiary/aromatic N) is 6. The first-order valence-corrected chi connectivity index (χ1v) is 11.1. The Morgan fingerprint density at radius 2 is 1.65 bits per heavy atom. The molecule has 1 aromatic heterocycles. The summed E-state index contributed by atoms with van der Waals surface area (Å²) in [6.07, 6.45) is 0.0335. The van der Waals surface area contributed by atoms with Gasteiger partial charge in [0.2, 0.25) is 0 Å². The van der Waals surface area contributed by atoms with Gasteiger partial charge in [0.05, 0.1) is 47.3 Å². The fourth-order valence-electron chi connectivity index (χ4n) is 3.66. The molecule has 0 fully saturated rings. The normalized spacial score (nSPS) is 11.4. The molecule has 0 saturated heterocycles. The predicted molar refractivity (Wildman–Crippen MR) is 135 cm³/mol. The Morgan fingerprint density at radius 1 is 0.946 bits per heavy atom. The topological polar surface area (TPSA) is 135 Å². The molecule has 1 N–H and O–H groups in total. The second kappa shape index (κ2) is 11.4. The van der Waals surface area contributed by atoms with Crippen LogP contribution in [-0.2, 0) is 0 Å². The summed E-state index contributed by atoms with van der Waals surface area (Å²) in [6, 6.07) is 26.7. The molecule has 0 aliphatic rings. The zero-order valence-electron chi connectivity index (χ0n) is 19.7. The fourth-order valence-corrected chi connectivity index (χ4v) is 3.66. The maximum absolute atomic E-state index is 13.8. The van der Waals surface area contributed by atoms with Gasteiger partial charge in [-0.1, -0.05) is 36.4 Å². The lowest BCUT2D eigenvalue weighted by Gasteiger charge is -2.30. The van der Waals surface area contributed by atoms with Gasteiger partial charge in [-0.25, -0.2) is 4.98 Å². The highest BCUT2D eigenvalue weighted by Crippen LogP contribution is 2.38. The molecule has 0 aliphatic carbocycles. The van der Waals surface area contributed by atoms with Gasteiger partial charge >= 0.3 is 0 Å². The third-order valence-electron chi connectivity index (χ3n) is 5.44. The van der Waals surface area contributed by atoms with Gasteiger partial charge in [-0.05, 0) is 42.5 Å². The van der Waals surface area contributed by atoms with Crippen molar-refractivity contribution in [3.63, 3.8) is 0 Å². The molecule has 3 aromatic carbocycles. The van der Waals surface area contributed by atoms with Crippen molar-refractivity contribution < 1.29 is 14.6 Å². The average Bonchev–Trinajstić information content (AvgIpc) is 2.96. The van der Waals surface area contributed by atoms with Gasteiger partial charge in [-0.3, -0.25) is 9.69 Å². The number of amides is 1. The second-order valence-corrected chi connectivity index (χ2v) is 7.65. The summed E-state index contributed by atoms with van der Waals surface area (Å²) in [6.45, 7) is 0. The summed E-state index contributed by atoms with van der Waals surface area (Å²) < 4.78 is 5.55. The number of anilines is 1. The summed E-state index contributed by atoms with van der Waals surface area (Å²) in [5.74, 6) is -0.0220. The number of carbonyl (C=O) groups excluding carboxylic acids is 1. The predicted octanol–water partition coefficient (Wildman–Crippen LogP) is 5.59. The first kappa shape index (κ1) is 24.7. The van der Waals surface area contributed by atoms with Gasteiger partial charge in [-0.2, -0.15) is 10.5 Å². The fraction of sp³-hybridized carbons (Fsp3) is 0.0714. The number of aliphatic hydroxyl groups is 1. The molecule has 9 heteroatoms. The summed E-state index contributed by atoms with van der Waals surface area (Å²) in [5, 5.41) is 38.9. The highest BCUT2D eigenvalue weighted by molar-refractivity contribution is 6.08. The number of pyridine rings is 1. The number of rotatable bonds is 7. The largest absolute Gasteiger partial charge is 0.494 e. The van der Waals surface area contributed by atoms with E-state index >= 15 is 0 Å². The monoisotopic (exact) mass is 488 g/mol. The van der Waals surface area contributed by atoms with E-state index in [0.717, 1.165) is 4.90 Å². The Hall–Kier alpha value is -5.38. The summed E-state index contributed by atoms with van der Waals surface area (Å²) >= 11 is 0. The van der Waals surface area contributed by atoms with Gasteiger partial charge in [0.25, 0.3) is 5.91 Å². The third kappa shape index (κ3) is 5.33. The summed E-state index contributed by atoms with van der Waals surface area (Å²) in [7, 11) is 1.42. The number of aliphatic hydroxyl groups excluding tert-OH is 1. The second-order valence-electron chi connectivity index (χ2n) is 7.65. The van der Waals surface area contributed by atoms with Gasteiger partial charge in [0.15, 0.2) is 12.0 Å². The maximum Gasteiger partial charge on any atom is 0.262 e. The molecule has 37 heavy (non-hydrogen) atoms. The van der Waals surface area contributed by atoms with Crippen LogP contribution in [0.1, 0.15) is 33.3 Å². The van der Waals surface area contributed by atoms with Gasteiger partial charge in [0.1, 0.15) is 5.75 Å². The molecule has 0 spiro atoms. The SMILES string of the molecule is COc1cc(N=Nc2ccccn2)ccc1N(C(=O)c1ccccc1C#N)C(O)c1ccccc1C#N. The van der Waals surface area contributed by atoms with Gasteiger partial charge in [-0.15, -0.1) is 10.2 Å². The van der Waals surface area contributed by atoms with Crippen molar-refractivity contribution in [2.75, 3.05) is 12.0 Å². The minimum atomic E-state index is -1.56. The lowest BCUT2D eigenvalue weighted by molar-refractivity contribution is 0.0884. The highest BCUT2D eigenvalue weighted by Gasteiger charge is 2.31. The summed E-state index contributed by atoms with van der Waals surface area (Å²) in [4.78, 5) is 19.0. The van der Waals surface area contributed by atoms with E-state index in [2.05, 4.69) is 15.2 Å². The molecular formula is C28H20N6O3. The molecule has 180 valence electrons. The Kier molecular flexibility index (Phi) is 7.60. The van der Waals surface area contributed by atoms with Crippen LogP contribution in [0.3, 0.4) is 0 Å². The summed E-state index contributed by atoms with van der Waals surface area (Å²) in [5.41, 5.74) is 1.26. The lowest BCUT2D eigenvalue weighted by Crippen LogP contribution is -2.36. The van der Waals surface area contributed by atoms with Crippen LogP contribution in [0.15, 0.2) is 101 Å². The Balaban J connectivity index is 1.83. The number of azo groups is 1. The molecule has 1 amide bonds. The number of nitriles is 2. The molecular weight excluding hydrogens is 468 g/mol. The number of aromatic nitrogens is 1. The van der Waals surface area contributed by atoms with Crippen LogP contribution in [0, 0.1) is 22.7 Å². The van der Waals surface area contributed by atoms with E-state index in [-0.39, 0.29) is 33.7 Å². The van der Waals surface area contributed by atoms with Gasteiger partial charge < -0.3 is 9.84 Å². The minimum absolute atomic E-state index is 0.0828. The van der Waals surface area contributed by atoms with Crippen LogP contribution >= 0.6 is 0 Å². The van der Waals surface area contributed by atoms with Crippen molar-refractivity contribution >= 4 is 23.1 Å². The highest BCUT2D eigenvalue weighted by atomic mass is 16.5. The zero-order chi connectivity index (χ0) is 26.2. The molecule has 9 nitrogen and oxygen atoms in total. The molecule has 0 saturated carbocycles. The molecule has 4 rings (SSSR count). The third-order valence-corrected chi connectivity index (χ3v) is 5.44. The molecule has 1 heterocycles. The average molecular weight is 489 g/mol. The van der Waals surface area contributed by atoms with E-state index in [1.807, 2.05) is 12.1 Å². The van der Waals surface area contributed by atoms with Crippen molar-refractivity contribution in [2.24, 2.45) is 10.2 Å². The van der Waals surface area contributed by atoms with E-state index in [4.69, 9.17) is 4.74 Å². The number of carbonyl (C=O) groups is 1. The van der Waals surface area contributed by atoms with Crippen LogP contribution in [0.25, 0.3) is 0 Å². The first-order chi connectivity index (χ1) is 18.1. The van der Waals surface area contributed by atoms with E-state index in [0.29, 0.717) is 11.5 Å². The molecule has 1 atom stereocenters. The van der Waals surface area contributed by atoms with Crippen molar-refractivity contribution in [2.45, 2.75) is 6.23 Å².